The molecule has 0 aliphatic heterocycles. The molecular formula is C16H22Cl2FNO. The van der Waals surface area contributed by atoms with Crippen LogP contribution in [0.3, 0.4) is 0 Å². The third-order valence-corrected chi connectivity index (χ3v) is 4.68. The van der Waals surface area contributed by atoms with Crippen molar-refractivity contribution in [3.63, 3.8) is 0 Å². The molecule has 2 nitrogen and oxygen atoms in total. The van der Waals surface area contributed by atoms with E-state index in [-0.39, 0.29) is 11.1 Å². The first-order chi connectivity index (χ1) is 10.1. The highest BCUT2D eigenvalue weighted by Crippen LogP contribution is 2.32. The topological polar surface area (TPSA) is 21.3 Å². The molecule has 0 radical (unpaired) electrons. The van der Waals surface area contributed by atoms with Crippen LogP contribution < -0.4 is 5.32 Å². The van der Waals surface area contributed by atoms with Crippen molar-refractivity contribution in [1.82, 2.24) is 5.32 Å². The maximum Gasteiger partial charge on any atom is 0.142 e. The number of halogens is 3. The quantitative estimate of drug-likeness (QED) is 0.575. The maximum atomic E-state index is 13.5. The second-order valence-electron chi connectivity index (χ2n) is 5.56. The molecule has 1 N–H and O–H groups in total. The van der Waals surface area contributed by atoms with Gasteiger partial charge < -0.3 is 10.1 Å². The van der Waals surface area contributed by atoms with Gasteiger partial charge in [-0.2, -0.15) is 0 Å². The van der Waals surface area contributed by atoms with Crippen LogP contribution in [0.5, 0.6) is 0 Å². The van der Waals surface area contributed by atoms with E-state index in [2.05, 4.69) is 5.32 Å². The van der Waals surface area contributed by atoms with Crippen molar-refractivity contribution in [1.29, 1.82) is 0 Å². The SMILES string of the molecule is CC(NCCOC1CCCCC1)c1c(Cl)ccc(F)c1Cl. The predicted octanol–water partition coefficient (Wildman–Crippen LogP) is 5.13. The number of hydrogen-bond donors (Lipinski definition) is 1. The van der Waals surface area contributed by atoms with Gasteiger partial charge >= 0.3 is 0 Å². The first kappa shape index (κ1) is 17.0. The van der Waals surface area contributed by atoms with Crippen LogP contribution >= 0.6 is 23.2 Å². The van der Waals surface area contributed by atoms with Crippen molar-refractivity contribution in [3.8, 4) is 0 Å². The number of benzene rings is 1. The lowest BCUT2D eigenvalue weighted by molar-refractivity contribution is 0.0295. The summed E-state index contributed by atoms with van der Waals surface area (Å²) in [6, 6.07) is 2.71. The van der Waals surface area contributed by atoms with Crippen LogP contribution in [-0.4, -0.2) is 19.3 Å². The summed E-state index contributed by atoms with van der Waals surface area (Å²) >= 11 is 12.1. The number of nitrogens with one attached hydrogen (secondary N) is 1. The zero-order valence-corrected chi connectivity index (χ0v) is 13.8. The Morgan fingerprint density at radius 3 is 2.71 bits per heavy atom. The second kappa shape index (κ2) is 8.33. The monoisotopic (exact) mass is 333 g/mol. The maximum absolute atomic E-state index is 13.5. The average molecular weight is 334 g/mol. The summed E-state index contributed by atoms with van der Waals surface area (Å²) < 4.78 is 19.4. The molecule has 21 heavy (non-hydrogen) atoms. The molecule has 1 fully saturated rings. The minimum atomic E-state index is -0.442. The highest BCUT2D eigenvalue weighted by molar-refractivity contribution is 6.36. The van der Waals surface area contributed by atoms with Gasteiger partial charge in [0.2, 0.25) is 0 Å². The van der Waals surface area contributed by atoms with Crippen LogP contribution in [0.25, 0.3) is 0 Å². The van der Waals surface area contributed by atoms with E-state index in [9.17, 15) is 4.39 Å². The standard InChI is InChI=1S/C16H22Cl2FNO/c1-11(15-13(17)7-8-14(19)16(15)18)20-9-10-21-12-5-3-2-4-6-12/h7-8,11-12,20H,2-6,9-10H2,1H3. The van der Waals surface area contributed by atoms with Crippen molar-refractivity contribution >= 4 is 23.2 Å². The van der Waals surface area contributed by atoms with Crippen molar-refractivity contribution in [2.45, 2.75) is 51.2 Å². The Hall–Kier alpha value is -0.350. The summed E-state index contributed by atoms with van der Waals surface area (Å²) in [6.45, 7) is 3.27. The Morgan fingerprint density at radius 2 is 2.00 bits per heavy atom. The third-order valence-electron chi connectivity index (χ3n) is 3.97. The molecule has 1 aromatic rings. The van der Waals surface area contributed by atoms with Gasteiger partial charge in [0.05, 0.1) is 17.7 Å². The Kier molecular flexibility index (Phi) is 6.74. The summed E-state index contributed by atoms with van der Waals surface area (Å²) in [5.74, 6) is -0.442. The van der Waals surface area contributed by atoms with Gasteiger partial charge in [0.15, 0.2) is 0 Å². The van der Waals surface area contributed by atoms with Crippen LogP contribution in [0.15, 0.2) is 12.1 Å². The van der Waals surface area contributed by atoms with Crippen LogP contribution in [0, 0.1) is 5.82 Å². The van der Waals surface area contributed by atoms with Crippen molar-refractivity contribution in [2.75, 3.05) is 13.2 Å². The summed E-state index contributed by atoms with van der Waals surface area (Å²) in [6.07, 6.45) is 6.59. The summed E-state index contributed by atoms with van der Waals surface area (Å²) in [4.78, 5) is 0. The van der Waals surface area contributed by atoms with Crippen LogP contribution in [0.1, 0.15) is 50.6 Å². The highest BCUT2D eigenvalue weighted by Gasteiger charge is 2.17. The van der Waals surface area contributed by atoms with E-state index in [0.717, 1.165) is 12.8 Å². The predicted molar refractivity (Wildman–Crippen MR) is 85.7 cm³/mol. The largest absolute Gasteiger partial charge is 0.377 e. The lowest BCUT2D eigenvalue weighted by atomic mass is 9.98. The van der Waals surface area contributed by atoms with Gasteiger partial charge in [0.25, 0.3) is 0 Å². The highest BCUT2D eigenvalue weighted by atomic mass is 35.5. The minimum absolute atomic E-state index is 0.0932. The third kappa shape index (κ3) is 4.82. The summed E-state index contributed by atoms with van der Waals surface area (Å²) in [5.41, 5.74) is 0.607. The molecule has 1 saturated carbocycles. The first-order valence-electron chi connectivity index (χ1n) is 7.58. The zero-order chi connectivity index (χ0) is 15.2. The average Bonchev–Trinajstić information content (AvgIpc) is 2.49. The van der Waals surface area contributed by atoms with Crippen molar-refractivity contribution in [2.24, 2.45) is 0 Å². The van der Waals surface area contributed by atoms with Crippen LogP contribution in [0.2, 0.25) is 10.0 Å². The zero-order valence-electron chi connectivity index (χ0n) is 12.3. The van der Waals surface area contributed by atoms with E-state index in [1.165, 1.54) is 31.4 Å². The molecule has 1 unspecified atom stereocenters. The molecule has 118 valence electrons. The van der Waals surface area contributed by atoms with E-state index in [1.807, 2.05) is 6.92 Å². The second-order valence-corrected chi connectivity index (χ2v) is 6.35. The fourth-order valence-electron chi connectivity index (χ4n) is 2.77. The lowest BCUT2D eigenvalue weighted by Crippen LogP contribution is -2.27. The lowest BCUT2D eigenvalue weighted by Gasteiger charge is -2.23. The molecule has 1 aliphatic carbocycles. The fraction of sp³-hybridized carbons (Fsp3) is 0.625. The molecule has 0 aromatic heterocycles. The number of hydrogen-bond acceptors (Lipinski definition) is 2. The normalized spacial score (nSPS) is 17.9. The van der Waals surface area contributed by atoms with Crippen molar-refractivity contribution in [3.05, 3.63) is 33.6 Å². The molecule has 2 rings (SSSR count). The molecule has 1 aliphatic rings. The fourth-order valence-corrected chi connectivity index (χ4v) is 3.47. The summed E-state index contributed by atoms with van der Waals surface area (Å²) in [5, 5.41) is 3.86. The van der Waals surface area contributed by atoms with Gasteiger partial charge in [0.1, 0.15) is 5.82 Å². The smallest absolute Gasteiger partial charge is 0.142 e. The Balaban J connectivity index is 1.79. The molecule has 1 atom stereocenters. The van der Waals surface area contributed by atoms with Gasteiger partial charge in [0, 0.05) is 23.2 Å². The molecule has 1 aromatic carbocycles. The van der Waals surface area contributed by atoms with Crippen molar-refractivity contribution < 1.29 is 9.13 Å². The molecule has 0 spiro atoms. The Labute approximate surface area is 136 Å². The Morgan fingerprint density at radius 1 is 1.29 bits per heavy atom. The molecule has 0 heterocycles. The first-order valence-corrected chi connectivity index (χ1v) is 8.33. The number of ether oxygens (including phenoxy) is 1. The molecule has 0 saturated heterocycles. The van der Waals surface area contributed by atoms with E-state index in [0.29, 0.717) is 29.8 Å². The molecule has 0 amide bonds. The van der Waals surface area contributed by atoms with Gasteiger partial charge in [-0.1, -0.05) is 42.5 Å². The van der Waals surface area contributed by atoms with Gasteiger partial charge in [-0.25, -0.2) is 4.39 Å². The van der Waals surface area contributed by atoms with Crippen LogP contribution in [0.4, 0.5) is 4.39 Å². The van der Waals surface area contributed by atoms with E-state index in [1.54, 1.807) is 0 Å². The van der Waals surface area contributed by atoms with E-state index >= 15 is 0 Å². The minimum Gasteiger partial charge on any atom is -0.377 e. The van der Waals surface area contributed by atoms with Gasteiger partial charge in [-0.05, 0) is 31.9 Å². The summed E-state index contributed by atoms with van der Waals surface area (Å²) in [7, 11) is 0. The van der Waals surface area contributed by atoms with E-state index < -0.39 is 5.82 Å². The van der Waals surface area contributed by atoms with Gasteiger partial charge in [-0.3, -0.25) is 0 Å². The molecule has 0 bridgehead atoms. The van der Waals surface area contributed by atoms with Gasteiger partial charge in [-0.15, -0.1) is 0 Å². The number of rotatable bonds is 6. The van der Waals surface area contributed by atoms with E-state index in [4.69, 9.17) is 27.9 Å². The van der Waals surface area contributed by atoms with Crippen LogP contribution in [-0.2, 0) is 4.74 Å². The molecule has 5 heteroatoms. The molecular weight excluding hydrogens is 312 g/mol. The Bertz CT molecular complexity index is 464.